The van der Waals surface area contributed by atoms with Gasteiger partial charge in [0.05, 0.1) is 6.10 Å². The van der Waals surface area contributed by atoms with Gasteiger partial charge in [0, 0.05) is 18.9 Å². The van der Waals surface area contributed by atoms with Crippen LogP contribution in [0.5, 0.6) is 11.5 Å². The number of hydrogen-bond donors (Lipinski definition) is 6. The summed E-state index contributed by atoms with van der Waals surface area (Å²) in [5.74, 6) is -3.24. The number of rotatable bonds is 4. The Bertz CT molecular complexity index is 699. The first kappa shape index (κ1) is 18.7. The average molecular weight is 354 g/mol. The van der Waals surface area contributed by atoms with Gasteiger partial charge in [-0.3, -0.25) is 0 Å². The third-order valence-electron chi connectivity index (χ3n) is 3.94. The normalized spacial score (nSPS) is 29.5. The number of benzene rings is 1. The highest BCUT2D eigenvalue weighted by atomic mass is 16.6. The van der Waals surface area contributed by atoms with Crippen LogP contribution in [-0.4, -0.2) is 66.5 Å². The largest absolute Gasteiger partial charge is 0.504 e. The lowest BCUT2D eigenvalue weighted by Crippen LogP contribution is -2.57. The van der Waals surface area contributed by atoms with Gasteiger partial charge in [0.25, 0.3) is 0 Å². The summed E-state index contributed by atoms with van der Waals surface area (Å²) >= 11 is 0. The van der Waals surface area contributed by atoms with Crippen LogP contribution in [0.15, 0.2) is 24.3 Å². The van der Waals surface area contributed by atoms with Gasteiger partial charge < -0.3 is 35.4 Å². The number of aliphatic hydroxyl groups excluding tert-OH is 2. The van der Waals surface area contributed by atoms with Gasteiger partial charge in [0.2, 0.25) is 0 Å². The number of hydrogen-bond acceptors (Lipinski definition) is 8. The summed E-state index contributed by atoms with van der Waals surface area (Å²) in [5, 5.41) is 57.0. The molecule has 1 aliphatic carbocycles. The van der Waals surface area contributed by atoms with E-state index in [1.165, 1.54) is 24.3 Å². The maximum Gasteiger partial charge on any atom is 0.335 e. The van der Waals surface area contributed by atoms with E-state index in [0.717, 1.165) is 6.08 Å². The number of carboxylic acids is 1. The minimum atomic E-state index is -2.31. The summed E-state index contributed by atoms with van der Waals surface area (Å²) in [6.45, 7) is 0. The predicted molar refractivity (Wildman–Crippen MR) is 82.5 cm³/mol. The fourth-order valence-electron chi connectivity index (χ4n) is 2.53. The van der Waals surface area contributed by atoms with Crippen molar-refractivity contribution in [2.75, 3.05) is 0 Å². The molecule has 25 heavy (non-hydrogen) atoms. The Hall–Kier alpha value is -2.62. The molecule has 0 aromatic heterocycles. The van der Waals surface area contributed by atoms with Crippen LogP contribution < -0.4 is 0 Å². The number of aromatic hydroxyl groups is 2. The maximum atomic E-state index is 11.8. The summed E-state index contributed by atoms with van der Waals surface area (Å²) < 4.78 is 4.92. The van der Waals surface area contributed by atoms with Crippen molar-refractivity contribution >= 4 is 18.0 Å². The van der Waals surface area contributed by atoms with Crippen LogP contribution >= 0.6 is 0 Å². The first-order chi connectivity index (χ1) is 11.6. The number of aliphatic hydroxyl groups is 3. The number of esters is 1. The molecule has 9 nitrogen and oxygen atoms in total. The molecule has 3 unspecified atom stereocenters. The molecule has 0 aliphatic heterocycles. The molecule has 0 radical (unpaired) electrons. The van der Waals surface area contributed by atoms with Gasteiger partial charge in [0.1, 0.15) is 12.2 Å². The quantitative estimate of drug-likeness (QED) is 0.234. The first-order valence-electron chi connectivity index (χ1n) is 7.35. The summed E-state index contributed by atoms with van der Waals surface area (Å²) in [4.78, 5) is 22.9. The zero-order chi connectivity index (χ0) is 18.8. The average Bonchev–Trinajstić information content (AvgIpc) is 2.53. The lowest BCUT2D eigenvalue weighted by atomic mass is 9.79. The van der Waals surface area contributed by atoms with E-state index in [1.54, 1.807) is 0 Å². The van der Waals surface area contributed by atoms with Crippen molar-refractivity contribution in [2.24, 2.45) is 0 Å². The van der Waals surface area contributed by atoms with Crippen LogP contribution in [-0.2, 0) is 14.3 Å². The predicted octanol–water partition coefficient (Wildman–Crippen LogP) is -0.646. The zero-order valence-electron chi connectivity index (χ0n) is 12.9. The second-order valence-corrected chi connectivity index (χ2v) is 5.86. The highest BCUT2D eigenvalue weighted by molar-refractivity contribution is 5.87. The van der Waals surface area contributed by atoms with Crippen LogP contribution in [0.3, 0.4) is 0 Å². The Morgan fingerprint density at radius 2 is 1.84 bits per heavy atom. The third kappa shape index (κ3) is 4.27. The minimum absolute atomic E-state index is 0.327. The number of carbonyl (C=O) groups is 2. The molecule has 0 amide bonds. The highest BCUT2D eigenvalue weighted by Crippen LogP contribution is 2.31. The van der Waals surface area contributed by atoms with E-state index in [2.05, 4.69) is 0 Å². The number of phenolic OH excluding ortho intramolecular Hbond substituents is 2. The Kier molecular flexibility index (Phi) is 5.31. The Labute approximate surface area is 142 Å². The number of phenols is 2. The van der Waals surface area contributed by atoms with E-state index in [9.17, 15) is 35.1 Å². The van der Waals surface area contributed by atoms with Crippen molar-refractivity contribution in [3.63, 3.8) is 0 Å². The fourth-order valence-corrected chi connectivity index (χ4v) is 2.53. The fraction of sp³-hybridized carbons (Fsp3) is 0.375. The van der Waals surface area contributed by atoms with Gasteiger partial charge in [0.15, 0.2) is 17.1 Å². The van der Waals surface area contributed by atoms with Crippen LogP contribution in [0.2, 0.25) is 0 Å². The standard InChI is InChI=1S/C16H18O9/c17-9-3-1-8(5-10(9)18)2-4-13(20)25-12-7-16(24,15(22)23)6-11(19)14(12)21/h1-5,11-12,14,17-19,21,24H,6-7H2,(H,22,23)/b4-2+/t11?,12-,14?,16?/m1/s1. The van der Waals surface area contributed by atoms with Crippen LogP contribution in [0.4, 0.5) is 0 Å². The van der Waals surface area contributed by atoms with Gasteiger partial charge in [-0.2, -0.15) is 0 Å². The molecular weight excluding hydrogens is 336 g/mol. The molecule has 1 aliphatic rings. The number of carbonyl (C=O) groups excluding carboxylic acids is 1. The molecule has 1 aromatic rings. The Morgan fingerprint density at radius 1 is 1.16 bits per heavy atom. The van der Waals surface area contributed by atoms with Gasteiger partial charge in [-0.1, -0.05) is 6.07 Å². The van der Waals surface area contributed by atoms with Gasteiger partial charge in [-0.05, 0) is 23.8 Å². The van der Waals surface area contributed by atoms with Crippen LogP contribution in [0, 0.1) is 0 Å². The number of ether oxygens (including phenoxy) is 1. The lowest BCUT2D eigenvalue weighted by Gasteiger charge is -2.39. The zero-order valence-corrected chi connectivity index (χ0v) is 12.9. The van der Waals surface area contributed by atoms with Crippen molar-refractivity contribution in [3.05, 3.63) is 29.8 Å². The van der Waals surface area contributed by atoms with Crippen molar-refractivity contribution in [3.8, 4) is 11.5 Å². The molecule has 1 fully saturated rings. The molecule has 0 saturated heterocycles. The molecular formula is C16H18O9. The molecule has 4 atom stereocenters. The third-order valence-corrected chi connectivity index (χ3v) is 3.94. The van der Waals surface area contributed by atoms with Crippen LogP contribution in [0.1, 0.15) is 18.4 Å². The Morgan fingerprint density at radius 3 is 2.44 bits per heavy atom. The molecule has 1 aromatic carbocycles. The summed E-state index contributed by atoms with van der Waals surface area (Å²) in [5.41, 5.74) is -1.94. The first-order valence-corrected chi connectivity index (χ1v) is 7.35. The van der Waals surface area contributed by atoms with E-state index in [4.69, 9.17) is 9.84 Å². The monoisotopic (exact) mass is 354 g/mol. The van der Waals surface area contributed by atoms with E-state index in [1.807, 2.05) is 0 Å². The summed E-state index contributed by atoms with van der Waals surface area (Å²) in [7, 11) is 0. The molecule has 136 valence electrons. The molecule has 9 heteroatoms. The van der Waals surface area contributed by atoms with E-state index >= 15 is 0 Å². The molecule has 6 N–H and O–H groups in total. The minimum Gasteiger partial charge on any atom is -0.504 e. The molecule has 2 rings (SSSR count). The van der Waals surface area contributed by atoms with Crippen molar-refractivity contribution < 1.29 is 45.0 Å². The van der Waals surface area contributed by atoms with Gasteiger partial charge in [-0.25, -0.2) is 9.59 Å². The summed E-state index contributed by atoms with van der Waals surface area (Å²) in [6.07, 6.45) is -3.44. The Balaban J connectivity index is 2.06. The van der Waals surface area contributed by atoms with E-state index < -0.39 is 48.7 Å². The van der Waals surface area contributed by atoms with Crippen LogP contribution in [0.25, 0.3) is 6.08 Å². The maximum absolute atomic E-state index is 11.8. The molecule has 1 saturated carbocycles. The number of aliphatic carboxylic acids is 1. The lowest BCUT2D eigenvalue weighted by molar-refractivity contribution is -0.196. The molecule has 0 bridgehead atoms. The second kappa shape index (κ2) is 7.09. The van der Waals surface area contributed by atoms with Crippen molar-refractivity contribution in [1.82, 2.24) is 0 Å². The topological polar surface area (TPSA) is 165 Å². The van der Waals surface area contributed by atoms with Crippen molar-refractivity contribution in [2.45, 2.75) is 36.8 Å². The SMILES string of the molecule is O=C(/C=C/c1ccc(O)c(O)c1)O[C@@H]1CC(O)(C(=O)O)CC(O)C1O. The summed E-state index contributed by atoms with van der Waals surface area (Å²) in [6, 6.07) is 3.83. The van der Waals surface area contributed by atoms with Crippen molar-refractivity contribution in [1.29, 1.82) is 0 Å². The van der Waals surface area contributed by atoms with E-state index in [0.29, 0.717) is 5.56 Å². The smallest absolute Gasteiger partial charge is 0.335 e. The highest BCUT2D eigenvalue weighted by Gasteiger charge is 2.50. The molecule has 0 spiro atoms. The number of carboxylic acid groups (broad SMARTS) is 1. The second-order valence-electron chi connectivity index (χ2n) is 5.86. The molecule has 0 heterocycles. The van der Waals surface area contributed by atoms with Gasteiger partial charge >= 0.3 is 11.9 Å². The van der Waals surface area contributed by atoms with E-state index in [-0.39, 0.29) is 11.5 Å². The van der Waals surface area contributed by atoms with Gasteiger partial charge in [-0.15, -0.1) is 0 Å².